The maximum atomic E-state index is 13.5. The van der Waals surface area contributed by atoms with Crippen molar-refractivity contribution < 1.29 is 22.7 Å². The fraction of sp³-hybridized carbons (Fsp3) is 0.500. The number of hydrogen-bond donors (Lipinski definition) is 1. The Morgan fingerprint density at radius 1 is 1.08 bits per heavy atom. The summed E-state index contributed by atoms with van der Waals surface area (Å²) in [6.45, 7) is 1.94. The number of anilines is 1. The van der Waals surface area contributed by atoms with Crippen LogP contribution in [0.1, 0.15) is 57.4 Å². The highest BCUT2D eigenvalue weighted by Gasteiger charge is 2.29. The molecule has 3 rings (SSSR count). The van der Waals surface area contributed by atoms with Crippen LogP contribution < -0.4 is 14.4 Å². The average Bonchev–Trinajstić information content (AvgIpc) is 2.90. The molecule has 1 aliphatic carbocycles. The van der Waals surface area contributed by atoms with E-state index in [0.29, 0.717) is 27.0 Å². The van der Waals surface area contributed by atoms with Gasteiger partial charge >= 0.3 is 0 Å². The van der Waals surface area contributed by atoms with E-state index < -0.39 is 16.1 Å². The third-order valence-corrected chi connectivity index (χ3v) is 8.77. The molecule has 0 aromatic heterocycles. The Bertz CT molecular complexity index is 1230. The minimum absolute atomic E-state index is 0.0500. The van der Waals surface area contributed by atoms with E-state index in [0.717, 1.165) is 31.9 Å². The van der Waals surface area contributed by atoms with E-state index in [1.165, 1.54) is 22.7 Å². The number of rotatable bonds is 12. The van der Waals surface area contributed by atoms with Crippen molar-refractivity contribution in [2.75, 3.05) is 24.2 Å². The molecule has 0 heterocycles. The molecule has 1 N–H and O–H groups in total. The van der Waals surface area contributed by atoms with Gasteiger partial charge < -0.3 is 15.0 Å². The van der Waals surface area contributed by atoms with Crippen LogP contribution in [-0.2, 0) is 26.2 Å². The van der Waals surface area contributed by atoms with E-state index in [1.54, 1.807) is 49.4 Å². The first kappa shape index (κ1) is 31.0. The van der Waals surface area contributed by atoms with E-state index in [1.807, 2.05) is 0 Å². The lowest BCUT2D eigenvalue weighted by Crippen LogP contribution is -2.50. The van der Waals surface area contributed by atoms with Gasteiger partial charge in [-0.1, -0.05) is 48.5 Å². The number of sulfonamides is 1. The number of benzene rings is 2. The SMILES string of the molecule is COc1ccc(N(CCCC(=O)N(Cc2ccc(Cl)cc2Cl)C(C)C(=O)NC2CCCCC2)S(C)(=O)=O)cc1. The van der Waals surface area contributed by atoms with Crippen molar-refractivity contribution in [1.29, 1.82) is 0 Å². The minimum Gasteiger partial charge on any atom is -0.497 e. The van der Waals surface area contributed by atoms with Crippen LogP contribution in [0.4, 0.5) is 5.69 Å². The predicted octanol–water partition coefficient (Wildman–Crippen LogP) is 5.41. The molecular weight excluding hydrogens is 561 g/mol. The van der Waals surface area contributed by atoms with Gasteiger partial charge in [-0.2, -0.15) is 0 Å². The van der Waals surface area contributed by atoms with Gasteiger partial charge in [0.2, 0.25) is 21.8 Å². The highest BCUT2D eigenvalue weighted by molar-refractivity contribution is 7.92. The summed E-state index contributed by atoms with van der Waals surface area (Å²) in [5, 5.41) is 3.99. The topological polar surface area (TPSA) is 96.0 Å². The van der Waals surface area contributed by atoms with Crippen LogP contribution in [0.25, 0.3) is 0 Å². The quantitative estimate of drug-likeness (QED) is 0.352. The van der Waals surface area contributed by atoms with Gasteiger partial charge in [-0.05, 0) is 68.1 Å². The molecule has 1 atom stereocenters. The standard InChI is InChI=1S/C28H37Cl2N3O5S/c1-20(28(35)31-23-8-5-4-6-9-23)32(19-21-11-12-22(29)18-26(21)30)27(34)10-7-17-33(39(3,36)37)24-13-15-25(38-2)16-14-24/h11-16,18,20,23H,4-10,17,19H2,1-3H3,(H,31,35). The summed E-state index contributed by atoms with van der Waals surface area (Å²) >= 11 is 12.4. The minimum atomic E-state index is -3.59. The molecule has 0 saturated heterocycles. The molecular formula is C28H37Cl2N3O5S. The van der Waals surface area contributed by atoms with Crippen LogP contribution in [0.15, 0.2) is 42.5 Å². The normalized spacial score (nSPS) is 14.9. The largest absolute Gasteiger partial charge is 0.497 e. The summed E-state index contributed by atoms with van der Waals surface area (Å²) in [4.78, 5) is 28.2. The van der Waals surface area contributed by atoms with E-state index in [9.17, 15) is 18.0 Å². The van der Waals surface area contributed by atoms with Crippen LogP contribution in [0.5, 0.6) is 5.75 Å². The fourth-order valence-corrected chi connectivity index (χ4v) is 6.17. The van der Waals surface area contributed by atoms with Crippen LogP contribution in [0, 0.1) is 0 Å². The Morgan fingerprint density at radius 3 is 2.33 bits per heavy atom. The van der Waals surface area contributed by atoms with Crippen molar-refractivity contribution >= 4 is 50.7 Å². The second kappa shape index (κ2) is 14.2. The zero-order valence-corrected chi connectivity index (χ0v) is 25.0. The van der Waals surface area contributed by atoms with Gasteiger partial charge in [0.15, 0.2) is 0 Å². The molecule has 1 aliphatic rings. The number of nitrogens with zero attached hydrogens (tertiary/aromatic N) is 2. The number of hydrogen-bond acceptors (Lipinski definition) is 5. The number of amides is 2. The second-order valence-electron chi connectivity index (χ2n) is 9.91. The summed E-state index contributed by atoms with van der Waals surface area (Å²) in [5.74, 6) is 0.131. The predicted molar refractivity (Wildman–Crippen MR) is 156 cm³/mol. The number of carbonyl (C=O) groups excluding carboxylic acids is 2. The molecule has 0 radical (unpaired) electrons. The third-order valence-electron chi connectivity index (χ3n) is 6.99. The Morgan fingerprint density at radius 2 is 1.74 bits per heavy atom. The van der Waals surface area contributed by atoms with Crippen molar-refractivity contribution in [3.8, 4) is 5.75 Å². The van der Waals surface area contributed by atoms with Gasteiger partial charge in [-0.15, -0.1) is 0 Å². The van der Waals surface area contributed by atoms with Gasteiger partial charge in [0, 0.05) is 35.6 Å². The van der Waals surface area contributed by atoms with Crippen LogP contribution in [0.2, 0.25) is 10.0 Å². The van der Waals surface area contributed by atoms with Gasteiger partial charge in [0.25, 0.3) is 0 Å². The van der Waals surface area contributed by atoms with Crippen LogP contribution in [-0.4, -0.2) is 57.1 Å². The Hall–Kier alpha value is -2.49. The molecule has 39 heavy (non-hydrogen) atoms. The second-order valence-corrected chi connectivity index (χ2v) is 12.7. The Balaban J connectivity index is 1.74. The number of ether oxygens (including phenoxy) is 1. The van der Waals surface area contributed by atoms with E-state index in [2.05, 4.69) is 5.32 Å². The van der Waals surface area contributed by atoms with Crippen molar-refractivity contribution in [2.24, 2.45) is 0 Å². The van der Waals surface area contributed by atoms with Crippen molar-refractivity contribution in [1.82, 2.24) is 10.2 Å². The maximum absolute atomic E-state index is 13.5. The summed E-state index contributed by atoms with van der Waals surface area (Å²) in [6.07, 6.45) is 6.63. The molecule has 2 aromatic carbocycles. The van der Waals surface area contributed by atoms with E-state index >= 15 is 0 Å². The lowest BCUT2D eigenvalue weighted by molar-refractivity contribution is -0.141. The average molecular weight is 599 g/mol. The molecule has 1 saturated carbocycles. The Labute approximate surface area is 241 Å². The van der Waals surface area contributed by atoms with Crippen molar-refractivity contribution in [3.63, 3.8) is 0 Å². The zero-order valence-electron chi connectivity index (χ0n) is 22.7. The van der Waals surface area contributed by atoms with Crippen LogP contribution in [0.3, 0.4) is 0 Å². The first-order valence-electron chi connectivity index (χ1n) is 13.1. The van der Waals surface area contributed by atoms with Gasteiger partial charge in [0.05, 0.1) is 19.1 Å². The first-order chi connectivity index (χ1) is 18.5. The highest BCUT2D eigenvalue weighted by atomic mass is 35.5. The fourth-order valence-electron chi connectivity index (χ4n) is 4.74. The molecule has 2 amide bonds. The van der Waals surface area contributed by atoms with E-state index in [-0.39, 0.29) is 43.8 Å². The molecule has 0 spiro atoms. The lowest BCUT2D eigenvalue weighted by Gasteiger charge is -2.32. The molecule has 0 aliphatic heterocycles. The lowest BCUT2D eigenvalue weighted by atomic mass is 9.95. The van der Waals surface area contributed by atoms with Crippen molar-refractivity contribution in [3.05, 3.63) is 58.1 Å². The maximum Gasteiger partial charge on any atom is 0.242 e. The monoisotopic (exact) mass is 597 g/mol. The van der Waals surface area contributed by atoms with E-state index in [4.69, 9.17) is 27.9 Å². The first-order valence-corrected chi connectivity index (χ1v) is 15.8. The molecule has 11 heteroatoms. The molecule has 1 fully saturated rings. The van der Waals surface area contributed by atoms with Gasteiger partial charge in [-0.3, -0.25) is 13.9 Å². The zero-order chi connectivity index (χ0) is 28.6. The third kappa shape index (κ3) is 9.01. The molecule has 214 valence electrons. The van der Waals surface area contributed by atoms with Crippen molar-refractivity contribution in [2.45, 2.75) is 70.5 Å². The summed E-state index contributed by atoms with van der Waals surface area (Å²) in [6, 6.07) is 11.1. The summed E-state index contributed by atoms with van der Waals surface area (Å²) in [5.41, 5.74) is 1.15. The summed E-state index contributed by atoms with van der Waals surface area (Å²) in [7, 11) is -2.05. The Kier molecular flexibility index (Phi) is 11.3. The van der Waals surface area contributed by atoms with Gasteiger partial charge in [0.1, 0.15) is 11.8 Å². The number of nitrogens with one attached hydrogen (secondary N) is 1. The molecule has 8 nitrogen and oxygen atoms in total. The highest BCUT2D eigenvalue weighted by Crippen LogP contribution is 2.25. The van der Waals surface area contributed by atoms with Gasteiger partial charge in [-0.25, -0.2) is 8.42 Å². The molecule has 1 unspecified atom stereocenters. The smallest absolute Gasteiger partial charge is 0.242 e. The number of carbonyl (C=O) groups is 2. The number of methoxy groups -OCH3 is 1. The van der Waals surface area contributed by atoms with Crippen LogP contribution >= 0.6 is 23.2 Å². The molecule has 0 bridgehead atoms. The summed E-state index contributed by atoms with van der Waals surface area (Å²) < 4.78 is 31.4. The molecule has 2 aromatic rings. The number of halogens is 2.